The summed E-state index contributed by atoms with van der Waals surface area (Å²) in [6.45, 7) is 7.04. The minimum Gasteiger partial charge on any atom is -0.383 e. The second kappa shape index (κ2) is 12.4. The monoisotopic (exact) mass is 464 g/mol. The van der Waals surface area contributed by atoms with Gasteiger partial charge in [-0.05, 0) is 44.0 Å². The fourth-order valence-corrected chi connectivity index (χ4v) is 2.99. The maximum absolute atomic E-state index is 13.2. The van der Waals surface area contributed by atoms with Crippen molar-refractivity contribution in [3.05, 3.63) is 35.6 Å². The highest BCUT2D eigenvalue weighted by atomic mass is 127. The highest BCUT2D eigenvalue weighted by Crippen LogP contribution is 2.15. The number of nitrogens with zero attached hydrogens (tertiary/aromatic N) is 2. The maximum atomic E-state index is 13.2. The van der Waals surface area contributed by atoms with Gasteiger partial charge >= 0.3 is 0 Å². The van der Waals surface area contributed by atoms with E-state index in [-0.39, 0.29) is 29.8 Å². The van der Waals surface area contributed by atoms with E-state index < -0.39 is 0 Å². The van der Waals surface area contributed by atoms with Crippen molar-refractivity contribution in [3.8, 4) is 0 Å². The van der Waals surface area contributed by atoms with Crippen molar-refractivity contribution in [2.75, 3.05) is 39.9 Å². The van der Waals surface area contributed by atoms with Gasteiger partial charge in [0.2, 0.25) is 0 Å². The topological polar surface area (TPSA) is 48.9 Å². The number of hydrogen-bond acceptors (Lipinski definition) is 3. The largest absolute Gasteiger partial charge is 0.383 e. The van der Waals surface area contributed by atoms with Crippen LogP contribution in [0.4, 0.5) is 4.39 Å². The molecular formula is C18H30FIN4O. The average molecular weight is 464 g/mol. The molecule has 7 heteroatoms. The number of guanidine groups is 1. The highest BCUT2D eigenvalue weighted by molar-refractivity contribution is 14.0. The molecule has 0 amide bonds. The summed E-state index contributed by atoms with van der Waals surface area (Å²) in [5.74, 6) is 0.556. The number of ether oxygens (including phenoxy) is 1. The summed E-state index contributed by atoms with van der Waals surface area (Å²) >= 11 is 0. The summed E-state index contributed by atoms with van der Waals surface area (Å²) in [6.07, 6.45) is 2.42. The molecule has 1 atom stereocenters. The van der Waals surface area contributed by atoms with Crippen LogP contribution in [0.1, 0.15) is 25.3 Å². The minimum absolute atomic E-state index is 0. The van der Waals surface area contributed by atoms with Gasteiger partial charge in [0.1, 0.15) is 5.82 Å². The molecule has 0 saturated carbocycles. The summed E-state index contributed by atoms with van der Waals surface area (Å²) in [5, 5.41) is 6.67. The van der Waals surface area contributed by atoms with Crippen molar-refractivity contribution in [1.29, 1.82) is 0 Å². The number of methoxy groups -OCH3 is 1. The summed E-state index contributed by atoms with van der Waals surface area (Å²) < 4.78 is 18.4. The van der Waals surface area contributed by atoms with E-state index in [1.54, 1.807) is 13.2 Å². The highest BCUT2D eigenvalue weighted by Gasteiger charge is 2.23. The summed E-state index contributed by atoms with van der Waals surface area (Å²) in [6, 6.07) is 7.09. The molecule has 0 aliphatic carbocycles. The van der Waals surface area contributed by atoms with Gasteiger partial charge in [-0.25, -0.2) is 9.38 Å². The molecule has 25 heavy (non-hydrogen) atoms. The Balaban J connectivity index is 0.00000312. The predicted octanol–water partition coefficient (Wildman–Crippen LogP) is 2.61. The Morgan fingerprint density at radius 3 is 2.96 bits per heavy atom. The zero-order valence-electron chi connectivity index (χ0n) is 15.1. The quantitative estimate of drug-likeness (QED) is 0.353. The molecule has 0 spiro atoms. The molecule has 2 rings (SSSR count). The van der Waals surface area contributed by atoms with E-state index in [0.717, 1.165) is 44.3 Å². The fraction of sp³-hybridized carbons (Fsp3) is 0.611. The van der Waals surface area contributed by atoms with Crippen LogP contribution in [-0.4, -0.2) is 56.8 Å². The van der Waals surface area contributed by atoms with Gasteiger partial charge < -0.3 is 15.4 Å². The lowest BCUT2D eigenvalue weighted by molar-refractivity contribution is 0.141. The summed E-state index contributed by atoms with van der Waals surface area (Å²) in [5.41, 5.74) is 0.870. The third kappa shape index (κ3) is 7.87. The molecule has 1 unspecified atom stereocenters. The van der Waals surface area contributed by atoms with Gasteiger partial charge in [0, 0.05) is 32.8 Å². The molecule has 0 aromatic heterocycles. The average Bonchev–Trinajstić information content (AvgIpc) is 3.03. The van der Waals surface area contributed by atoms with Gasteiger partial charge in [-0.1, -0.05) is 12.1 Å². The van der Waals surface area contributed by atoms with E-state index in [1.807, 2.05) is 13.0 Å². The number of likely N-dealkylation sites (tertiary alicyclic amines) is 1. The second-order valence-electron chi connectivity index (χ2n) is 6.03. The van der Waals surface area contributed by atoms with E-state index >= 15 is 0 Å². The zero-order valence-corrected chi connectivity index (χ0v) is 17.5. The zero-order chi connectivity index (χ0) is 17.2. The molecule has 1 aromatic carbocycles. The third-order valence-corrected chi connectivity index (χ3v) is 4.24. The lowest BCUT2D eigenvalue weighted by Gasteiger charge is -2.25. The Labute approximate surface area is 167 Å². The lowest BCUT2D eigenvalue weighted by atomic mass is 10.2. The molecule has 1 heterocycles. The Morgan fingerprint density at radius 2 is 2.24 bits per heavy atom. The van der Waals surface area contributed by atoms with Crippen molar-refractivity contribution in [3.63, 3.8) is 0 Å². The van der Waals surface area contributed by atoms with Crippen LogP contribution in [0.5, 0.6) is 0 Å². The SMILES string of the molecule is CCNC(=NCc1cccc(F)c1)NCC1CCCN1CCOC.I. The van der Waals surface area contributed by atoms with Gasteiger partial charge in [-0.2, -0.15) is 0 Å². The van der Waals surface area contributed by atoms with Gasteiger partial charge in [-0.15, -0.1) is 24.0 Å². The van der Waals surface area contributed by atoms with Crippen molar-refractivity contribution in [2.24, 2.45) is 4.99 Å². The molecule has 0 radical (unpaired) electrons. The Kier molecular flexibility index (Phi) is 11.0. The molecule has 1 saturated heterocycles. The summed E-state index contributed by atoms with van der Waals surface area (Å²) in [4.78, 5) is 7.02. The van der Waals surface area contributed by atoms with E-state index in [1.165, 1.54) is 25.0 Å². The van der Waals surface area contributed by atoms with Crippen molar-refractivity contribution < 1.29 is 9.13 Å². The van der Waals surface area contributed by atoms with Crippen LogP contribution in [0, 0.1) is 5.82 Å². The van der Waals surface area contributed by atoms with E-state index in [0.29, 0.717) is 12.6 Å². The molecule has 142 valence electrons. The molecule has 1 aliphatic heterocycles. The number of hydrogen-bond donors (Lipinski definition) is 2. The molecule has 1 fully saturated rings. The number of nitrogens with one attached hydrogen (secondary N) is 2. The van der Waals surface area contributed by atoms with Crippen LogP contribution >= 0.6 is 24.0 Å². The molecule has 1 aliphatic rings. The maximum Gasteiger partial charge on any atom is 0.191 e. The van der Waals surface area contributed by atoms with E-state index in [2.05, 4.69) is 20.5 Å². The number of halogens is 2. The standard InChI is InChI=1S/C18H29FN4O.HI/c1-3-20-18(21-13-15-6-4-7-16(19)12-15)22-14-17-8-5-9-23(17)10-11-24-2;/h4,6-7,12,17H,3,5,8-11,13-14H2,1-2H3,(H2,20,21,22);1H. The number of rotatable bonds is 8. The fourth-order valence-electron chi connectivity index (χ4n) is 2.99. The molecular weight excluding hydrogens is 434 g/mol. The predicted molar refractivity (Wildman–Crippen MR) is 111 cm³/mol. The number of benzene rings is 1. The van der Waals surface area contributed by atoms with Gasteiger partial charge in [-0.3, -0.25) is 4.90 Å². The molecule has 1 aromatic rings. The van der Waals surface area contributed by atoms with Crippen LogP contribution in [0.2, 0.25) is 0 Å². The first-order valence-corrected chi connectivity index (χ1v) is 8.72. The van der Waals surface area contributed by atoms with Crippen LogP contribution < -0.4 is 10.6 Å². The van der Waals surface area contributed by atoms with E-state index in [9.17, 15) is 4.39 Å². The molecule has 0 bridgehead atoms. The van der Waals surface area contributed by atoms with Gasteiger partial charge in [0.25, 0.3) is 0 Å². The van der Waals surface area contributed by atoms with Crippen molar-refractivity contribution >= 4 is 29.9 Å². The van der Waals surface area contributed by atoms with Crippen LogP contribution in [0.3, 0.4) is 0 Å². The van der Waals surface area contributed by atoms with Crippen LogP contribution in [0.15, 0.2) is 29.3 Å². The van der Waals surface area contributed by atoms with Gasteiger partial charge in [0.15, 0.2) is 5.96 Å². The summed E-state index contributed by atoms with van der Waals surface area (Å²) in [7, 11) is 1.74. The first kappa shape index (κ1) is 22.1. The van der Waals surface area contributed by atoms with Crippen LogP contribution in [0.25, 0.3) is 0 Å². The van der Waals surface area contributed by atoms with Gasteiger partial charge in [0.05, 0.1) is 13.2 Å². The van der Waals surface area contributed by atoms with Crippen molar-refractivity contribution in [2.45, 2.75) is 32.4 Å². The lowest BCUT2D eigenvalue weighted by Crippen LogP contribution is -2.45. The molecule has 5 nitrogen and oxygen atoms in total. The normalized spacial score (nSPS) is 18.0. The van der Waals surface area contributed by atoms with E-state index in [4.69, 9.17) is 4.74 Å². The third-order valence-electron chi connectivity index (χ3n) is 4.24. The van der Waals surface area contributed by atoms with Crippen molar-refractivity contribution in [1.82, 2.24) is 15.5 Å². The molecule has 2 N–H and O–H groups in total. The first-order chi connectivity index (χ1) is 11.7. The van der Waals surface area contributed by atoms with Crippen LogP contribution in [-0.2, 0) is 11.3 Å². The Bertz CT molecular complexity index is 530. The smallest absolute Gasteiger partial charge is 0.191 e. The number of aliphatic imine (C=N–C) groups is 1. The first-order valence-electron chi connectivity index (χ1n) is 8.72. The second-order valence-corrected chi connectivity index (χ2v) is 6.03. The minimum atomic E-state index is -0.222. The Hall–Kier alpha value is -0.930. The Morgan fingerprint density at radius 1 is 1.40 bits per heavy atom.